The van der Waals surface area contributed by atoms with Crippen molar-refractivity contribution < 1.29 is 19.1 Å². The van der Waals surface area contributed by atoms with Gasteiger partial charge in [-0.15, -0.1) is 0 Å². The van der Waals surface area contributed by atoms with Gasteiger partial charge in [-0.2, -0.15) is 0 Å². The molecule has 0 saturated heterocycles. The van der Waals surface area contributed by atoms with Crippen LogP contribution in [-0.4, -0.2) is 43.8 Å². The van der Waals surface area contributed by atoms with Gasteiger partial charge in [0.2, 0.25) is 0 Å². The van der Waals surface area contributed by atoms with Gasteiger partial charge in [-0.3, -0.25) is 15.1 Å². The summed E-state index contributed by atoms with van der Waals surface area (Å²) in [7, 11) is 1.62. The third-order valence-corrected chi connectivity index (χ3v) is 2.47. The van der Waals surface area contributed by atoms with Crippen molar-refractivity contribution in [1.29, 1.82) is 0 Å². The number of nitrogens with zero attached hydrogens (tertiary/aromatic N) is 1. The lowest BCUT2D eigenvalue weighted by Gasteiger charge is -2.11. The Balaban J connectivity index is 2.59. The maximum atomic E-state index is 11.3. The maximum Gasteiger partial charge on any atom is 0.318 e. The second kappa shape index (κ2) is 8.88. The summed E-state index contributed by atoms with van der Waals surface area (Å²) >= 11 is 0. The molecule has 0 aliphatic rings. The minimum Gasteiger partial charge on any atom is -0.482 e. The predicted molar refractivity (Wildman–Crippen MR) is 75.8 cm³/mol. The molecule has 0 aliphatic carbocycles. The van der Waals surface area contributed by atoms with Gasteiger partial charge in [0.25, 0.3) is 5.91 Å². The fraction of sp³-hybridized carbons (Fsp3) is 0.462. The van der Waals surface area contributed by atoms with Crippen molar-refractivity contribution in [1.82, 2.24) is 15.6 Å². The minimum absolute atomic E-state index is 0.307. The lowest BCUT2D eigenvalue weighted by atomic mass is 10.3. The molecule has 1 heterocycles. The zero-order valence-corrected chi connectivity index (χ0v) is 12.1. The first-order chi connectivity index (χ1) is 10.0. The van der Waals surface area contributed by atoms with Crippen LogP contribution in [0.5, 0.6) is 5.75 Å². The molecule has 0 atom stereocenters. The Morgan fingerprint density at radius 2 is 2.14 bits per heavy atom. The molecule has 21 heavy (non-hydrogen) atoms. The Morgan fingerprint density at radius 3 is 2.81 bits per heavy atom. The maximum absolute atomic E-state index is 11.3. The van der Waals surface area contributed by atoms with E-state index in [1.807, 2.05) is 12.2 Å². The Morgan fingerprint density at radius 1 is 1.38 bits per heavy atom. The molecular formula is C13H20N4O4. The quantitative estimate of drug-likeness (QED) is 0.567. The normalized spacial score (nSPS) is 10.2. The summed E-state index contributed by atoms with van der Waals surface area (Å²) in [6, 6.07) is 2.60. The largest absolute Gasteiger partial charge is 0.482 e. The van der Waals surface area contributed by atoms with E-state index in [1.54, 1.807) is 19.2 Å². The van der Waals surface area contributed by atoms with Crippen molar-refractivity contribution in [3.63, 3.8) is 0 Å². The number of urea groups is 1. The number of nitrogens with one attached hydrogen (secondary N) is 2. The number of amides is 3. The smallest absolute Gasteiger partial charge is 0.318 e. The predicted octanol–water partition coefficient (Wildman–Crippen LogP) is -0.300. The van der Waals surface area contributed by atoms with Gasteiger partial charge < -0.3 is 20.5 Å². The highest BCUT2D eigenvalue weighted by atomic mass is 16.5. The number of imide groups is 1. The summed E-state index contributed by atoms with van der Waals surface area (Å²) in [4.78, 5) is 26.2. The van der Waals surface area contributed by atoms with E-state index in [1.165, 1.54) is 0 Å². The van der Waals surface area contributed by atoms with Gasteiger partial charge in [-0.1, -0.05) is 0 Å². The second-order valence-corrected chi connectivity index (χ2v) is 4.27. The summed E-state index contributed by atoms with van der Waals surface area (Å²) in [5.74, 6) is -0.133. The number of aryl methyl sites for hydroxylation is 1. The number of hydrogen-bond acceptors (Lipinski definition) is 6. The number of aromatic nitrogens is 1. The molecule has 1 rings (SSSR count). The van der Waals surface area contributed by atoms with Crippen LogP contribution in [0.4, 0.5) is 4.79 Å². The van der Waals surface area contributed by atoms with Gasteiger partial charge in [0, 0.05) is 25.9 Å². The fourth-order valence-corrected chi connectivity index (χ4v) is 1.55. The number of hydrogen-bond donors (Lipinski definition) is 3. The number of ether oxygens (including phenoxy) is 2. The molecule has 0 spiro atoms. The van der Waals surface area contributed by atoms with E-state index in [2.05, 4.69) is 10.3 Å². The Hall–Kier alpha value is -2.19. The molecule has 1 aromatic rings. The zero-order chi connectivity index (χ0) is 15.7. The molecular weight excluding hydrogens is 276 g/mol. The van der Waals surface area contributed by atoms with Crippen LogP contribution in [0, 0.1) is 6.92 Å². The van der Waals surface area contributed by atoms with E-state index in [0.717, 1.165) is 5.69 Å². The highest BCUT2D eigenvalue weighted by molar-refractivity contribution is 5.94. The first kappa shape index (κ1) is 16.9. The number of methoxy groups -OCH3 is 1. The standard InChI is InChI=1S/C13H20N4O4/c1-9-3-4-11(21-8-12(18)17-13(14)19)10(16-9)7-15-5-6-20-2/h3-4,15H,5-8H2,1-2H3,(H3,14,17,18,19). The van der Waals surface area contributed by atoms with Crippen molar-refractivity contribution in [3.05, 3.63) is 23.5 Å². The molecule has 4 N–H and O–H groups in total. The third kappa shape index (κ3) is 6.68. The highest BCUT2D eigenvalue weighted by Gasteiger charge is 2.09. The van der Waals surface area contributed by atoms with Crippen molar-refractivity contribution in [2.75, 3.05) is 26.9 Å². The number of nitrogens with two attached hydrogens (primary N) is 1. The molecule has 0 bridgehead atoms. The van der Waals surface area contributed by atoms with Gasteiger partial charge in [0.1, 0.15) is 5.75 Å². The lowest BCUT2D eigenvalue weighted by molar-refractivity contribution is -0.121. The van der Waals surface area contributed by atoms with E-state index >= 15 is 0 Å². The molecule has 0 unspecified atom stereocenters. The molecule has 0 fully saturated rings. The average molecular weight is 296 g/mol. The summed E-state index contributed by atoms with van der Waals surface area (Å²) in [6.07, 6.45) is 0. The third-order valence-electron chi connectivity index (χ3n) is 2.47. The van der Waals surface area contributed by atoms with Crippen molar-refractivity contribution >= 4 is 11.9 Å². The van der Waals surface area contributed by atoms with Crippen molar-refractivity contribution in [2.45, 2.75) is 13.5 Å². The van der Waals surface area contributed by atoms with Crippen molar-refractivity contribution in [3.8, 4) is 5.75 Å². The second-order valence-electron chi connectivity index (χ2n) is 4.27. The number of pyridine rings is 1. The topological polar surface area (TPSA) is 116 Å². The Kier molecular flexibility index (Phi) is 7.13. The first-order valence-electron chi connectivity index (χ1n) is 6.41. The minimum atomic E-state index is -0.910. The molecule has 0 aromatic carbocycles. The van der Waals surface area contributed by atoms with Crippen molar-refractivity contribution in [2.24, 2.45) is 5.73 Å². The number of rotatable bonds is 8. The molecule has 8 heteroatoms. The number of carbonyl (C=O) groups is 2. The summed E-state index contributed by atoms with van der Waals surface area (Å²) in [5.41, 5.74) is 6.36. The zero-order valence-electron chi connectivity index (χ0n) is 12.1. The summed E-state index contributed by atoms with van der Waals surface area (Å²) in [5, 5.41) is 5.07. The summed E-state index contributed by atoms with van der Waals surface area (Å²) in [6.45, 7) is 3.30. The van der Waals surface area contributed by atoms with E-state index in [9.17, 15) is 9.59 Å². The SMILES string of the molecule is COCCNCc1nc(C)ccc1OCC(=O)NC(N)=O. The van der Waals surface area contributed by atoms with Gasteiger partial charge in [0.15, 0.2) is 6.61 Å². The summed E-state index contributed by atoms with van der Waals surface area (Å²) < 4.78 is 10.3. The monoisotopic (exact) mass is 296 g/mol. The van der Waals surface area contributed by atoms with Crippen LogP contribution in [-0.2, 0) is 16.1 Å². The van der Waals surface area contributed by atoms with Crippen LogP contribution in [0.3, 0.4) is 0 Å². The van der Waals surface area contributed by atoms with E-state index in [0.29, 0.717) is 31.1 Å². The van der Waals surface area contributed by atoms with Crippen LogP contribution in [0.15, 0.2) is 12.1 Å². The molecule has 1 aromatic heterocycles. The highest BCUT2D eigenvalue weighted by Crippen LogP contribution is 2.16. The van der Waals surface area contributed by atoms with Crippen LogP contribution < -0.4 is 21.1 Å². The van der Waals surface area contributed by atoms with Gasteiger partial charge in [-0.05, 0) is 19.1 Å². The van der Waals surface area contributed by atoms with Gasteiger partial charge in [0.05, 0.1) is 12.3 Å². The molecule has 8 nitrogen and oxygen atoms in total. The van der Waals surface area contributed by atoms with Gasteiger partial charge >= 0.3 is 6.03 Å². The van der Waals surface area contributed by atoms with Crippen LogP contribution >= 0.6 is 0 Å². The van der Waals surface area contributed by atoms with Crippen LogP contribution in [0.25, 0.3) is 0 Å². The molecule has 116 valence electrons. The molecule has 0 saturated carbocycles. The van der Waals surface area contributed by atoms with E-state index in [-0.39, 0.29) is 6.61 Å². The van der Waals surface area contributed by atoms with Crippen LogP contribution in [0.1, 0.15) is 11.4 Å². The van der Waals surface area contributed by atoms with E-state index < -0.39 is 11.9 Å². The fourth-order valence-electron chi connectivity index (χ4n) is 1.55. The number of carbonyl (C=O) groups excluding carboxylic acids is 2. The van der Waals surface area contributed by atoms with Gasteiger partial charge in [-0.25, -0.2) is 4.79 Å². The van der Waals surface area contributed by atoms with E-state index in [4.69, 9.17) is 15.2 Å². The molecule has 0 aliphatic heterocycles. The van der Waals surface area contributed by atoms with Crippen LogP contribution in [0.2, 0.25) is 0 Å². The average Bonchev–Trinajstić information content (AvgIpc) is 2.42. The first-order valence-corrected chi connectivity index (χ1v) is 6.41. The number of primary amides is 1. The lowest BCUT2D eigenvalue weighted by Crippen LogP contribution is -2.38. The molecule has 0 radical (unpaired) electrons. The Labute approximate surface area is 123 Å². The Bertz CT molecular complexity index is 493. The molecule has 3 amide bonds.